The first-order valence-electron chi connectivity index (χ1n) is 9.80. The molecule has 0 atom stereocenters. The maximum Gasteiger partial charge on any atom is 0.253 e. The molecule has 0 bridgehead atoms. The molecule has 3 aromatic carbocycles. The van der Waals surface area contributed by atoms with E-state index in [0.29, 0.717) is 17.9 Å². The Kier molecular flexibility index (Phi) is 7.09. The van der Waals surface area contributed by atoms with Crippen LogP contribution in [0, 0.1) is 0 Å². The summed E-state index contributed by atoms with van der Waals surface area (Å²) < 4.78 is 32.0. The van der Waals surface area contributed by atoms with Gasteiger partial charge in [-0.05, 0) is 47.5 Å². The average Bonchev–Trinajstić information content (AvgIpc) is 2.79. The Morgan fingerprint density at radius 3 is 1.97 bits per heavy atom. The molecule has 162 valence electrons. The van der Waals surface area contributed by atoms with Crippen LogP contribution in [0.15, 0.2) is 83.8 Å². The summed E-state index contributed by atoms with van der Waals surface area (Å²) in [6, 6.07) is 23.1. The summed E-state index contributed by atoms with van der Waals surface area (Å²) in [5, 5.41) is 0. The van der Waals surface area contributed by atoms with Crippen molar-refractivity contribution in [3.8, 4) is 5.75 Å². The molecule has 0 aliphatic heterocycles. The van der Waals surface area contributed by atoms with Gasteiger partial charge in [0.05, 0.1) is 12.0 Å². The highest BCUT2D eigenvalue weighted by Crippen LogP contribution is 2.20. The predicted octanol–water partition coefficient (Wildman–Crippen LogP) is 3.79. The summed E-state index contributed by atoms with van der Waals surface area (Å²) in [6.07, 6.45) is 0. The van der Waals surface area contributed by atoms with Crippen LogP contribution in [0.3, 0.4) is 0 Å². The molecule has 0 spiro atoms. The second-order valence-corrected chi connectivity index (χ2v) is 9.33. The zero-order chi connectivity index (χ0) is 22.4. The summed E-state index contributed by atoms with van der Waals surface area (Å²) in [4.78, 5) is 14.5. The lowest BCUT2D eigenvalue weighted by Gasteiger charge is -2.19. The zero-order valence-corrected chi connectivity index (χ0v) is 18.7. The lowest BCUT2D eigenvalue weighted by molar-refractivity contribution is 0.0785. The number of rotatable bonds is 8. The number of nitrogens with zero attached hydrogens (tertiary/aromatic N) is 2. The van der Waals surface area contributed by atoms with Crippen molar-refractivity contribution in [1.29, 1.82) is 0 Å². The van der Waals surface area contributed by atoms with Crippen molar-refractivity contribution in [2.75, 3.05) is 21.2 Å². The third-order valence-electron chi connectivity index (χ3n) is 4.98. The molecule has 0 N–H and O–H groups in total. The smallest absolute Gasteiger partial charge is 0.253 e. The Bertz CT molecular complexity index is 1110. The molecule has 0 unspecified atom stereocenters. The van der Waals surface area contributed by atoms with Gasteiger partial charge in [-0.25, -0.2) is 8.42 Å². The summed E-state index contributed by atoms with van der Waals surface area (Å²) in [5.74, 6) is 0.508. The minimum absolute atomic E-state index is 0.0883. The van der Waals surface area contributed by atoms with Gasteiger partial charge < -0.3 is 9.64 Å². The highest BCUT2D eigenvalue weighted by atomic mass is 32.2. The zero-order valence-electron chi connectivity index (χ0n) is 17.9. The third kappa shape index (κ3) is 5.51. The Labute approximate surface area is 183 Å². The molecular formula is C24H26N2O4S. The van der Waals surface area contributed by atoms with Crippen molar-refractivity contribution in [3.63, 3.8) is 0 Å². The molecule has 0 saturated carbocycles. The van der Waals surface area contributed by atoms with E-state index in [1.807, 2.05) is 30.3 Å². The standard InChI is InChI=1S/C24H26N2O4S/c1-25(17-19-7-5-4-6-8-19)24(27)21-11-9-20(10-12-21)18-26(2)31(28,29)23-15-13-22(30-3)14-16-23/h4-16H,17-18H2,1-3H3. The summed E-state index contributed by atoms with van der Waals surface area (Å²) >= 11 is 0. The highest BCUT2D eigenvalue weighted by Gasteiger charge is 2.21. The van der Waals surface area contributed by atoms with Crippen LogP contribution in [-0.2, 0) is 23.1 Å². The molecule has 31 heavy (non-hydrogen) atoms. The van der Waals surface area contributed by atoms with Crippen LogP contribution in [-0.4, -0.2) is 44.7 Å². The van der Waals surface area contributed by atoms with Crippen molar-refractivity contribution >= 4 is 15.9 Å². The molecule has 6 nitrogen and oxygen atoms in total. The second kappa shape index (κ2) is 9.76. The number of hydrogen-bond acceptors (Lipinski definition) is 4. The lowest BCUT2D eigenvalue weighted by atomic mass is 10.1. The van der Waals surface area contributed by atoms with Gasteiger partial charge in [0, 0.05) is 32.7 Å². The number of sulfonamides is 1. The molecule has 0 heterocycles. The summed E-state index contributed by atoms with van der Waals surface area (Å²) in [7, 11) is 1.19. The van der Waals surface area contributed by atoms with Gasteiger partial charge in [-0.3, -0.25) is 4.79 Å². The lowest BCUT2D eigenvalue weighted by Crippen LogP contribution is -2.27. The van der Waals surface area contributed by atoms with Gasteiger partial charge in [0.1, 0.15) is 5.75 Å². The van der Waals surface area contributed by atoms with Crippen LogP contribution in [0.4, 0.5) is 0 Å². The quantitative estimate of drug-likeness (QED) is 0.537. The van der Waals surface area contributed by atoms with Crippen molar-refractivity contribution in [1.82, 2.24) is 9.21 Å². The third-order valence-corrected chi connectivity index (χ3v) is 6.80. The second-order valence-electron chi connectivity index (χ2n) is 7.28. The van der Waals surface area contributed by atoms with Crippen molar-refractivity contribution in [2.24, 2.45) is 0 Å². The maximum atomic E-state index is 12.8. The van der Waals surface area contributed by atoms with Gasteiger partial charge in [0.25, 0.3) is 5.91 Å². The number of benzene rings is 3. The van der Waals surface area contributed by atoms with Crippen LogP contribution in [0.25, 0.3) is 0 Å². The Hall–Kier alpha value is -3.16. The maximum absolute atomic E-state index is 12.8. The van der Waals surface area contributed by atoms with E-state index in [9.17, 15) is 13.2 Å². The first-order valence-corrected chi connectivity index (χ1v) is 11.2. The summed E-state index contributed by atoms with van der Waals surface area (Å²) in [5.41, 5.74) is 2.41. The topological polar surface area (TPSA) is 66.9 Å². The van der Waals surface area contributed by atoms with Crippen molar-refractivity contribution < 1.29 is 17.9 Å². The SMILES string of the molecule is COc1ccc(S(=O)(=O)N(C)Cc2ccc(C(=O)N(C)Cc3ccccc3)cc2)cc1. The molecule has 0 aromatic heterocycles. The van der Waals surface area contributed by atoms with E-state index < -0.39 is 10.0 Å². The van der Waals surface area contributed by atoms with E-state index >= 15 is 0 Å². The predicted molar refractivity (Wildman–Crippen MR) is 120 cm³/mol. The van der Waals surface area contributed by atoms with Gasteiger partial charge in [-0.2, -0.15) is 4.31 Å². The molecule has 0 radical (unpaired) electrons. The van der Waals surface area contributed by atoms with E-state index in [-0.39, 0.29) is 17.3 Å². The number of ether oxygens (including phenoxy) is 1. The summed E-state index contributed by atoms with van der Waals surface area (Å²) in [6.45, 7) is 0.715. The number of hydrogen-bond donors (Lipinski definition) is 0. The minimum atomic E-state index is -3.63. The van der Waals surface area contributed by atoms with Crippen molar-refractivity contribution in [3.05, 3.63) is 95.6 Å². The first kappa shape index (κ1) is 22.5. The van der Waals surface area contributed by atoms with Crippen LogP contribution in [0.1, 0.15) is 21.5 Å². The van der Waals surface area contributed by atoms with Gasteiger partial charge in [0.15, 0.2) is 0 Å². The van der Waals surface area contributed by atoms with Crippen LogP contribution < -0.4 is 4.74 Å². The Morgan fingerprint density at radius 2 is 1.39 bits per heavy atom. The number of amides is 1. The Balaban J connectivity index is 1.65. The van der Waals surface area contributed by atoms with E-state index in [0.717, 1.165) is 11.1 Å². The average molecular weight is 439 g/mol. The fraction of sp³-hybridized carbons (Fsp3) is 0.208. The molecule has 0 saturated heterocycles. The van der Waals surface area contributed by atoms with E-state index in [1.54, 1.807) is 48.3 Å². The van der Waals surface area contributed by atoms with Gasteiger partial charge in [-0.15, -0.1) is 0 Å². The molecule has 0 fully saturated rings. The van der Waals surface area contributed by atoms with Crippen molar-refractivity contribution in [2.45, 2.75) is 18.0 Å². The molecule has 3 aromatic rings. The molecule has 1 amide bonds. The van der Waals surface area contributed by atoms with Crippen LogP contribution >= 0.6 is 0 Å². The monoisotopic (exact) mass is 438 g/mol. The van der Waals surface area contributed by atoms with Crippen LogP contribution in [0.2, 0.25) is 0 Å². The first-order chi connectivity index (χ1) is 14.8. The fourth-order valence-electron chi connectivity index (χ4n) is 3.17. The van der Waals surface area contributed by atoms with E-state index in [2.05, 4.69) is 0 Å². The number of carbonyl (C=O) groups is 1. The molecule has 0 aliphatic rings. The van der Waals surface area contributed by atoms with E-state index in [1.165, 1.54) is 30.6 Å². The minimum Gasteiger partial charge on any atom is -0.497 e. The Morgan fingerprint density at radius 1 is 0.806 bits per heavy atom. The molecule has 0 aliphatic carbocycles. The van der Waals surface area contributed by atoms with Crippen LogP contribution in [0.5, 0.6) is 5.75 Å². The molecule has 3 rings (SSSR count). The number of methoxy groups -OCH3 is 1. The van der Waals surface area contributed by atoms with Gasteiger partial charge in [-0.1, -0.05) is 42.5 Å². The van der Waals surface area contributed by atoms with E-state index in [4.69, 9.17) is 4.74 Å². The highest BCUT2D eigenvalue weighted by molar-refractivity contribution is 7.89. The number of carbonyl (C=O) groups excluding carboxylic acids is 1. The van der Waals surface area contributed by atoms with Gasteiger partial charge >= 0.3 is 0 Å². The van der Waals surface area contributed by atoms with Gasteiger partial charge in [0.2, 0.25) is 10.0 Å². The fourth-order valence-corrected chi connectivity index (χ4v) is 4.33. The molecular weight excluding hydrogens is 412 g/mol. The molecule has 7 heteroatoms. The normalized spacial score (nSPS) is 11.4. The largest absolute Gasteiger partial charge is 0.497 e.